The molecule has 0 saturated heterocycles. The van der Waals surface area contributed by atoms with Crippen LogP contribution in [0.3, 0.4) is 0 Å². The number of fused-ring (bicyclic) bond motifs is 1. The number of aliphatic hydroxyl groups is 1. The van der Waals surface area contributed by atoms with Crippen molar-refractivity contribution in [3.63, 3.8) is 0 Å². The number of pyridine rings is 1. The normalized spacial score (nSPS) is 12.5. The Labute approximate surface area is 173 Å². The Morgan fingerprint density at radius 1 is 1.29 bits per heavy atom. The fraction of sp³-hybridized carbons (Fsp3) is 0.278. The van der Waals surface area contributed by atoms with Crippen LogP contribution in [0.25, 0.3) is 10.8 Å². The summed E-state index contributed by atoms with van der Waals surface area (Å²) in [7, 11) is -3.74. The quantitative estimate of drug-likeness (QED) is 0.557. The van der Waals surface area contributed by atoms with E-state index in [2.05, 4.69) is 9.71 Å². The average molecular weight is 446 g/mol. The first-order valence-electron chi connectivity index (χ1n) is 8.34. The molecule has 0 saturated carbocycles. The van der Waals surface area contributed by atoms with Crippen LogP contribution < -0.4 is 9.62 Å². The number of rotatable bonds is 8. The maximum atomic E-state index is 13.9. The number of nitrogens with one attached hydrogen (secondary N) is 1. The molecule has 0 aliphatic rings. The van der Waals surface area contributed by atoms with E-state index in [1.54, 1.807) is 47.8 Å². The molecule has 0 spiro atoms. The van der Waals surface area contributed by atoms with E-state index < -0.39 is 16.1 Å². The molecule has 6 nitrogen and oxygen atoms in total. The van der Waals surface area contributed by atoms with Gasteiger partial charge in [-0.15, -0.1) is 23.7 Å². The minimum atomic E-state index is -3.74. The molecule has 0 fully saturated rings. The second-order valence-electron chi connectivity index (χ2n) is 6.18. The molecule has 0 aliphatic heterocycles. The molecule has 0 unspecified atom stereocenters. The highest BCUT2D eigenvalue weighted by atomic mass is 35.5. The molecule has 1 atom stereocenters. The van der Waals surface area contributed by atoms with Gasteiger partial charge < -0.3 is 10.0 Å². The highest BCUT2D eigenvalue weighted by Gasteiger charge is 2.21. The Morgan fingerprint density at radius 2 is 2.07 bits per heavy atom. The van der Waals surface area contributed by atoms with E-state index in [0.29, 0.717) is 5.69 Å². The number of aromatic nitrogens is 1. The third-order valence-electron chi connectivity index (χ3n) is 4.08. The number of hydrogen-bond acceptors (Lipinski definition) is 6. The molecule has 3 aromatic rings. The second kappa shape index (κ2) is 9.62. The summed E-state index contributed by atoms with van der Waals surface area (Å²) in [5.74, 6) is -0.383. The molecule has 10 heteroatoms. The van der Waals surface area contributed by atoms with E-state index in [9.17, 15) is 17.9 Å². The summed E-state index contributed by atoms with van der Waals surface area (Å²) < 4.78 is 41.9. The topological polar surface area (TPSA) is 82.5 Å². The third-order valence-corrected chi connectivity index (χ3v) is 6.37. The van der Waals surface area contributed by atoms with E-state index in [1.807, 2.05) is 0 Å². The number of hydrogen-bond donors (Lipinski definition) is 2. The van der Waals surface area contributed by atoms with Crippen LogP contribution in [-0.2, 0) is 10.0 Å². The van der Waals surface area contributed by atoms with Crippen molar-refractivity contribution in [1.82, 2.24) is 9.71 Å². The first kappa shape index (κ1) is 22.5. The van der Waals surface area contributed by atoms with Crippen LogP contribution in [0.1, 0.15) is 6.92 Å². The maximum absolute atomic E-state index is 13.9. The lowest BCUT2D eigenvalue weighted by Gasteiger charge is -2.26. The van der Waals surface area contributed by atoms with Gasteiger partial charge in [0.15, 0.2) is 5.82 Å². The summed E-state index contributed by atoms with van der Waals surface area (Å²) in [6, 6.07) is 6.09. The van der Waals surface area contributed by atoms with Crippen molar-refractivity contribution in [2.75, 3.05) is 24.6 Å². The lowest BCUT2D eigenvalue weighted by molar-refractivity contribution is 0.300. The van der Waals surface area contributed by atoms with Gasteiger partial charge in [0.1, 0.15) is 0 Å². The minimum Gasteiger partial charge on any atom is -0.395 e. The fourth-order valence-corrected chi connectivity index (χ4v) is 4.83. The SMILES string of the molecule is C[C@H](CN(CCO)c1cscc1F)NS(=O)(=O)c1ccc2cnccc2c1.Cl. The monoisotopic (exact) mass is 445 g/mol. The molecular weight excluding hydrogens is 425 g/mol. The second-order valence-corrected chi connectivity index (χ2v) is 8.64. The van der Waals surface area contributed by atoms with Crippen LogP contribution in [0, 0.1) is 5.82 Å². The van der Waals surface area contributed by atoms with Crippen LogP contribution in [0.5, 0.6) is 0 Å². The van der Waals surface area contributed by atoms with Crippen molar-refractivity contribution in [3.8, 4) is 0 Å². The summed E-state index contributed by atoms with van der Waals surface area (Å²) >= 11 is 1.22. The molecule has 2 aromatic heterocycles. The summed E-state index contributed by atoms with van der Waals surface area (Å²) in [5.41, 5.74) is 0.360. The molecule has 1 aromatic carbocycles. The van der Waals surface area contributed by atoms with E-state index in [-0.39, 0.29) is 42.8 Å². The number of benzene rings is 1. The van der Waals surface area contributed by atoms with Gasteiger partial charge in [-0.1, -0.05) is 6.07 Å². The lowest BCUT2D eigenvalue weighted by Crippen LogP contribution is -2.43. The molecule has 152 valence electrons. The zero-order chi connectivity index (χ0) is 19.4. The molecule has 2 heterocycles. The zero-order valence-electron chi connectivity index (χ0n) is 15.1. The minimum absolute atomic E-state index is 0. The standard InChI is InChI=1S/C18H20FN3O3S2.ClH/c1-13(10-22(6-7-23)18-12-26-11-17(18)19)21-27(24,25)16-3-2-15-9-20-5-4-14(15)8-16;/h2-5,8-9,11-13,21,23H,6-7,10H2,1H3;1H/t13-;/m1./s1. The largest absolute Gasteiger partial charge is 0.395 e. The first-order chi connectivity index (χ1) is 12.9. The smallest absolute Gasteiger partial charge is 0.240 e. The van der Waals surface area contributed by atoms with Crippen LogP contribution in [0.2, 0.25) is 0 Å². The Kier molecular flexibility index (Phi) is 7.73. The molecule has 0 bridgehead atoms. The van der Waals surface area contributed by atoms with Crippen LogP contribution in [0.4, 0.5) is 10.1 Å². The van der Waals surface area contributed by atoms with Gasteiger partial charge in [-0.3, -0.25) is 4.98 Å². The molecule has 28 heavy (non-hydrogen) atoms. The van der Waals surface area contributed by atoms with Gasteiger partial charge in [0.2, 0.25) is 10.0 Å². The van der Waals surface area contributed by atoms with E-state index in [1.165, 1.54) is 22.8 Å². The number of nitrogens with zero attached hydrogens (tertiary/aromatic N) is 2. The van der Waals surface area contributed by atoms with Gasteiger partial charge >= 0.3 is 0 Å². The van der Waals surface area contributed by atoms with Crippen molar-refractivity contribution in [2.24, 2.45) is 0 Å². The molecular formula is C18H21ClFN3O3S2. The predicted molar refractivity (Wildman–Crippen MR) is 112 cm³/mol. The van der Waals surface area contributed by atoms with Crippen LogP contribution in [0.15, 0.2) is 52.3 Å². The third kappa shape index (κ3) is 5.18. The van der Waals surface area contributed by atoms with Crippen LogP contribution >= 0.6 is 23.7 Å². The van der Waals surface area contributed by atoms with Gasteiger partial charge in [-0.05, 0) is 30.5 Å². The Hall–Kier alpha value is -1.78. The fourth-order valence-electron chi connectivity index (χ4n) is 2.86. The van der Waals surface area contributed by atoms with Crippen molar-refractivity contribution in [2.45, 2.75) is 17.9 Å². The van der Waals surface area contributed by atoms with Crippen molar-refractivity contribution < 1.29 is 17.9 Å². The molecule has 3 rings (SSSR count). The van der Waals surface area contributed by atoms with Crippen molar-refractivity contribution in [3.05, 3.63) is 53.2 Å². The van der Waals surface area contributed by atoms with Gasteiger partial charge in [-0.2, -0.15) is 0 Å². The number of anilines is 1. The van der Waals surface area contributed by atoms with Crippen LogP contribution in [-0.4, -0.2) is 44.2 Å². The summed E-state index contributed by atoms with van der Waals surface area (Å²) in [6.45, 7) is 1.98. The number of aliphatic hydroxyl groups excluding tert-OH is 1. The molecule has 0 amide bonds. The average Bonchev–Trinajstić information content (AvgIpc) is 3.06. The van der Waals surface area contributed by atoms with E-state index in [4.69, 9.17) is 0 Å². The highest BCUT2D eigenvalue weighted by molar-refractivity contribution is 7.89. The van der Waals surface area contributed by atoms with Gasteiger partial charge in [0.25, 0.3) is 0 Å². The Balaban J connectivity index is 0.00000280. The molecule has 0 aliphatic carbocycles. The van der Waals surface area contributed by atoms with Gasteiger partial charge in [0, 0.05) is 47.7 Å². The lowest BCUT2D eigenvalue weighted by atomic mass is 10.2. The molecule has 2 N–H and O–H groups in total. The Bertz CT molecular complexity index is 1030. The van der Waals surface area contributed by atoms with Gasteiger partial charge in [0.05, 0.1) is 17.2 Å². The number of halogens is 2. The zero-order valence-corrected chi connectivity index (χ0v) is 17.5. The van der Waals surface area contributed by atoms with Crippen molar-refractivity contribution >= 4 is 50.2 Å². The van der Waals surface area contributed by atoms with E-state index in [0.717, 1.165) is 10.8 Å². The van der Waals surface area contributed by atoms with E-state index >= 15 is 0 Å². The Morgan fingerprint density at radius 3 is 2.75 bits per heavy atom. The first-order valence-corrected chi connectivity index (χ1v) is 10.8. The maximum Gasteiger partial charge on any atom is 0.240 e. The summed E-state index contributed by atoms with van der Waals surface area (Å²) in [5, 5.41) is 13.9. The van der Waals surface area contributed by atoms with Gasteiger partial charge in [-0.25, -0.2) is 17.5 Å². The summed E-state index contributed by atoms with van der Waals surface area (Å²) in [4.78, 5) is 5.80. The number of thiophene rings is 1. The molecule has 0 radical (unpaired) electrons. The summed E-state index contributed by atoms with van der Waals surface area (Å²) in [6.07, 6.45) is 3.28. The number of sulfonamides is 1. The van der Waals surface area contributed by atoms with Crippen molar-refractivity contribution in [1.29, 1.82) is 0 Å². The highest BCUT2D eigenvalue weighted by Crippen LogP contribution is 2.24. The predicted octanol–water partition coefficient (Wildman–Crippen LogP) is 3.02.